The predicted molar refractivity (Wildman–Crippen MR) is 76.1 cm³/mol. The molecule has 0 saturated carbocycles. The highest BCUT2D eigenvalue weighted by Gasteiger charge is 2.10. The minimum atomic E-state index is -0.218. The Kier molecular flexibility index (Phi) is 4.61. The molecule has 1 atom stereocenters. The minimum Gasteiger partial charge on any atom is -0.304 e. The number of rotatable bonds is 4. The highest BCUT2D eigenvalue weighted by molar-refractivity contribution is 9.10. The second-order valence-electron chi connectivity index (χ2n) is 4.42. The average molecular weight is 324 g/mol. The molecule has 2 aromatic rings. The Hall–Kier alpha value is -1.33. The number of benzene rings is 1. The summed E-state index contributed by atoms with van der Waals surface area (Å²) in [5.74, 6) is -0.218. The van der Waals surface area contributed by atoms with Crippen LogP contribution in [0.4, 0.5) is 4.39 Å². The maximum Gasteiger partial charge on any atom is 0.129 e. The SMILES string of the molecule is Cc1cnc(CNC(C)c2ccc(Br)cc2F)cn1. The van der Waals surface area contributed by atoms with E-state index in [1.165, 1.54) is 6.07 Å². The Morgan fingerprint density at radius 1 is 1.32 bits per heavy atom. The third kappa shape index (κ3) is 3.81. The van der Waals surface area contributed by atoms with E-state index in [-0.39, 0.29) is 11.9 Å². The molecule has 1 aromatic heterocycles. The zero-order valence-corrected chi connectivity index (χ0v) is 12.4. The van der Waals surface area contributed by atoms with Crippen molar-refractivity contribution in [1.82, 2.24) is 15.3 Å². The largest absolute Gasteiger partial charge is 0.304 e. The lowest BCUT2D eigenvalue weighted by atomic mass is 10.1. The Bertz CT molecular complexity index is 557. The number of nitrogens with zero attached hydrogens (tertiary/aromatic N) is 2. The summed E-state index contributed by atoms with van der Waals surface area (Å²) >= 11 is 3.25. The molecule has 0 fully saturated rings. The van der Waals surface area contributed by atoms with Gasteiger partial charge < -0.3 is 5.32 Å². The smallest absolute Gasteiger partial charge is 0.129 e. The van der Waals surface area contributed by atoms with Crippen LogP contribution in [0, 0.1) is 12.7 Å². The van der Waals surface area contributed by atoms with Crippen LogP contribution in [0.2, 0.25) is 0 Å². The summed E-state index contributed by atoms with van der Waals surface area (Å²) < 4.78 is 14.5. The van der Waals surface area contributed by atoms with Gasteiger partial charge in [-0.15, -0.1) is 0 Å². The molecule has 1 aromatic carbocycles. The molecular formula is C14H15BrFN3. The van der Waals surface area contributed by atoms with Gasteiger partial charge >= 0.3 is 0 Å². The van der Waals surface area contributed by atoms with Crippen molar-refractivity contribution in [3.05, 3.63) is 57.8 Å². The van der Waals surface area contributed by atoms with Crippen molar-refractivity contribution in [1.29, 1.82) is 0 Å². The average Bonchev–Trinajstić information content (AvgIpc) is 2.37. The molecule has 2 rings (SSSR count). The topological polar surface area (TPSA) is 37.8 Å². The van der Waals surface area contributed by atoms with Crippen LogP contribution in [0.5, 0.6) is 0 Å². The minimum absolute atomic E-state index is 0.0868. The summed E-state index contributed by atoms with van der Waals surface area (Å²) in [5.41, 5.74) is 2.37. The number of halogens is 2. The number of nitrogens with one attached hydrogen (secondary N) is 1. The Balaban J connectivity index is 2.01. The molecule has 0 spiro atoms. The first-order valence-corrected chi connectivity index (χ1v) is 6.81. The van der Waals surface area contributed by atoms with E-state index in [9.17, 15) is 4.39 Å². The molecule has 100 valence electrons. The molecule has 0 aliphatic carbocycles. The van der Waals surface area contributed by atoms with Crippen LogP contribution >= 0.6 is 15.9 Å². The summed E-state index contributed by atoms with van der Waals surface area (Å²) in [6, 6.07) is 5.00. The van der Waals surface area contributed by atoms with Crippen molar-refractivity contribution in [3.63, 3.8) is 0 Å². The van der Waals surface area contributed by atoms with E-state index < -0.39 is 0 Å². The number of hydrogen-bond acceptors (Lipinski definition) is 3. The standard InChI is InChI=1S/C14H15BrFN3/c1-9-6-19-12(7-17-9)8-18-10(2)13-4-3-11(15)5-14(13)16/h3-7,10,18H,8H2,1-2H3. The fourth-order valence-electron chi connectivity index (χ4n) is 1.73. The highest BCUT2D eigenvalue weighted by Crippen LogP contribution is 2.21. The van der Waals surface area contributed by atoms with Crippen LogP contribution in [0.1, 0.15) is 29.9 Å². The maximum absolute atomic E-state index is 13.8. The summed E-state index contributed by atoms with van der Waals surface area (Å²) in [5, 5.41) is 3.24. The Morgan fingerprint density at radius 2 is 2.11 bits per heavy atom. The molecule has 0 saturated heterocycles. The predicted octanol–water partition coefficient (Wildman–Crippen LogP) is 3.54. The fourth-order valence-corrected chi connectivity index (χ4v) is 2.06. The molecule has 0 aliphatic heterocycles. The van der Waals surface area contributed by atoms with E-state index in [2.05, 4.69) is 31.2 Å². The summed E-state index contributed by atoms with van der Waals surface area (Å²) in [7, 11) is 0. The molecule has 3 nitrogen and oxygen atoms in total. The maximum atomic E-state index is 13.8. The van der Waals surface area contributed by atoms with Crippen molar-refractivity contribution in [3.8, 4) is 0 Å². The van der Waals surface area contributed by atoms with E-state index in [1.54, 1.807) is 18.5 Å². The number of aryl methyl sites for hydroxylation is 1. The lowest BCUT2D eigenvalue weighted by Gasteiger charge is -2.15. The number of hydrogen-bond donors (Lipinski definition) is 1. The second-order valence-corrected chi connectivity index (χ2v) is 5.33. The van der Waals surface area contributed by atoms with Gasteiger partial charge in [0.2, 0.25) is 0 Å². The molecule has 5 heteroatoms. The lowest BCUT2D eigenvalue weighted by molar-refractivity contribution is 0.523. The van der Waals surface area contributed by atoms with Crippen molar-refractivity contribution in [2.24, 2.45) is 0 Å². The van der Waals surface area contributed by atoms with Gasteiger partial charge in [-0.2, -0.15) is 0 Å². The van der Waals surface area contributed by atoms with Gasteiger partial charge in [0.05, 0.1) is 11.4 Å². The van der Waals surface area contributed by atoms with Crippen molar-refractivity contribution in [2.45, 2.75) is 26.4 Å². The first-order chi connectivity index (χ1) is 9.06. The fraction of sp³-hybridized carbons (Fsp3) is 0.286. The van der Waals surface area contributed by atoms with Crippen molar-refractivity contribution < 1.29 is 4.39 Å². The zero-order chi connectivity index (χ0) is 13.8. The molecule has 1 heterocycles. The number of aromatic nitrogens is 2. The van der Waals surface area contributed by atoms with E-state index in [0.717, 1.165) is 15.9 Å². The van der Waals surface area contributed by atoms with E-state index in [1.807, 2.05) is 19.9 Å². The lowest BCUT2D eigenvalue weighted by Crippen LogP contribution is -2.20. The van der Waals surface area contributed by atoms with Crippen LogP contribution in [0.15, 0.2) is 35.1 Å². The van der Waals surface area contributed by atoms with Gasteiger partial charge in [-0.25, -0.2) is 4.39 Å². The van der Waals surface area contributed by atoms with Gasteiger partial charge in [-0.3, -0.25) is 9.97 Å². The van der Waals surface area contributed by atoms with Crippen LogP contribution < -0.4 is 5.32 Å². The van der Waals surface area contributed by atoms with Gasteiger partial charge in [0.25, 0.3) is 0 Å². The molecule has 0 amide bonds. The van der Waals surface area contributed by atoms with Crippen molar-refractivity contribution >= 4 is 15.9 Å². The first-order valence-electron chi connectivity index (χ1n) is 6.02. The van der Waals surface area contributed by atoms with Gasteiger partial charge in [-0.05, 0) is 26.0 Å². The van der Waals surface area contributed by atoms with E-state index in [0.29, 0.717) is 12.1 Å². The first kappa shape index (κ1) is 14.1. The quantitative estimate of drug-likeness (QED) is 0.935. The monoisotopic (exact) mass is 323 g/mol. The molecule has 0 radical (unpaired) electrons. The molecular weight excluding hydrogens is 309 g/mol. The normalized spacial score (nSPS) is 12.4. The molecule has 19 heavy (non-hydrogen) atoms. The molecule has 1 N–H and O–H groups in total. The van der Waals surface area contributed by atoms with E-state index >= 15 is 0 Å². The second kappa shape index (κ2) is 6.21. The van der Waals surface area contributed by atoms with Gasteiger partial charge in [0, 0.05) is 35.0 Å². The van der Waals surface area contributed by atoms with Crippen LogP contribution in [0.3, 0.4) is 0 Å². The van der Waals surface area contributed by atoms with Crippen LogP contribution in [0.25, 0.3) is 0 Å². The van der Waals surface area contributed by atoms with Crippen molar-refractivity contribution in [2.75, 3.05) is 0 Å². The molecule has 0 aliphatic rings. The third-order valence-corrected chi connectivity index (χ3v) is 3.35. The van der Waals surface area contributed by atoms with E-state index in [4.69, 9.17) is 0 Å². The Morgan fingerprint density at radius 3 is 2.74 bits per heavy atom. The summed E-state index contributed by atoms with van der Waals surface area (Å²) in [4.78, 5) is 8.43. The van der Waals surface area contributed by atoms with Gasteiger partial charge in [0.15, 0.2) is 0 Å². The Labute approximate surface area is 120 Å². The third-order valence-electron chi connectivity index (χ3n) is 2.85. The molecule has 0 bridgehead atoms. The molecule has 1 unspecified atom stereocenters. The van der Waals surface area contributed by atoms with Crippen LogP contribution in [-0.4, -0.2) is 9.97 Å². The van der Waals surface area contributed by atoms with Gasteiger partial charge in [-0.1, -0.05) is 22.0 Å². The summed E-state index contributed by atoms with van der Waals surface area (Å²) in [6.07, 6.45) is 3.45. The summed E-state index contributed by atoms with van der Waals surface area (Å²) in [6.45, 7) is 4.38. The van der Waals surface area contributed by atoms with Crippen LogP contribution in [-0.2, 0) is 6.54 Å². The van der Waals surface area contributed by atoms with Gasteiger partial charge in [0.1, 0.15) is 5.82 Å². The zero-order valence-electron chi connectivity index (χ0n) is 10.8. The highest BCUT2D eigenvalue weighted by atomic mass is 79.9.